The van der Waals surface area contributed by atoms with Gasteiger partial charge in [-0.1, -0.05) is 23.2 Å². The van der Waals surface area contributed by atoms with Gasteiger partial charge in [0.1, 0.15) is 11.6 Å². The van der Waals surface area contributed by atoms with Crippen LogP contribution in [-0.4, -0.2) is 28.8 Å². The molecular weight excluding hydrogens is 343 g/mol. The molecule has 3 N–H and O–H groups in total. The van der Waals surface area contributed by atoms with Crippen LogP contribution in [0.4, 0.5) is 10.5 Å². The highest BCUT2D eigenvalue weighted by Gasteiger charge is 2.34. The Balaban J connectivity index is 2.32. The molecule has 0 saturated heterocycles. The maximum atomic E-state index is 12.0. The Labute approximate surface area is 144 Å². The number of carboxylic acid groups (broad SMARTS) is 1. The Morgan fingerprint density at radius 3 is 2.57 bits per heavy atom. The smallest absolute Gasteiger partial charge is 0.408 e. The Kier molecular flexibility index (Phi) is 4.96. The van der Waals surface area contributed by atoms with Crippen LogP contribution in [-0.2, 0) is 9.53 Å². The first kappa shape index (κ1) is 17.7. The fourth-order valence-electron chi connectivity index (χ4n) is 2.40. The molecule has 0 aliphatic carbocycles. The van der Waals surface area contributed by atoms with Gasteiger partial charge in [-0.3, -0.25) is 0 Å². The van der Waals surface area contributed by atoms with Crippen LogP contribution in [0.3, 0.4) is 0 Å². The standard InChI is InChI=1S/C15H18Cl2N2O4/c1-15(2,3)23-14(22)19-10-6-11(13(20)21)18-9-5-7(16)4-8(17)12(9)10/h4-5,10-11,18H,6H2,1-3H3,(H,19,22)(H,20,21)/t10-,11+/m0/s1. The second-order valence-corrected chi connectivity index (χ2v) is 7.16. The zero-order chi connectivity index (χ0) is 17.4. The van der Waals surface area contributed by atoms with Gasteiger partial charge in [0.25, 0.3) is 0 Å². The van der Waals surface area contributed by atoms with E-state index in [1.165, 1.54) is 0 Å². The fourth-order valence-corrected chi connectivity index (χ4v) is 3.03. The SMILES string of the molecule is CC(C)(C)OC(=O)N[C@H]1C[C@H](C(=O)O)Nc2cc(Cl)cc(Cl)c21. The van der Waals surface area contributed by atoms with Crippen molar-refractivity contribution in [2.45, 2.75) is 44.9 Å². The van der Waals surface area contributed by atoms with Crippen molar-refractivity contribution in [3.63, 3.8) is 0 Å². The Bertz CT molecular complexity index is 643. The number of nitrogens with one attached hydrogen (secondary N) is 2. The van der Waals surface area contributed by atoms with Gasteiger partial charge in [0.05, 0.1) is 6.04 Å². The van der Waals surface area contributed by atoms with Gasteiger partial charge in [0.15, 0.2) is 0 Å². The number of benzene rings is 1. The summed E-state index contributed by atoms with van der Waals surface area (Å²) in [6.45, 7) is 5.24. The lowest BCUT2D eigenvalue weighted by Crippen LogP contribution is -2.42. The minimum absolute atomic E-state index is 0.142. The molecule has 0 spiro atoms. The fraction of sp³-hybridized carbons (Fsp3) is 0.467. The highest BCUT2D eigenvalue weighted by Crippen LogP contribution is 2.39. The van der Waals surface area contributed by atoms with Crippen molar-refractivity contribution in [3.8, 4) is 0 Å². The molecule has 0 bridgehead atoms. The van der Waals surface area contributed by atoms with Crippen molar-refractivity contribution >= 4 is 41.0 Å². The summed E-state index contributed by atoms with van der Waals surface area (Å²) in [5.74, 6) is -1.03. The van der Waals surface area contributed by atoms with Gasteiger partial charge < -0.3 is 20.5 Å². The summed E-state index contributed by atoms with van der Waals surface area (Å²) in [5.41, 5.74) is 0.428. The molecule has 2 rings (SSSR count). The number of rotatable bonds is 2. The number of hydrogen-bond acceptors (Lipinski definition) is 4. The number of fused-ring (bicyclic) bond motifs is 1. The molecule has 1 amide bonds. The third kappa shape index (κ3) is 4.42. The summed E-state index contributed by atoms with van der Waals surface area (Å²) in [4.78, 5) is 23.3. The Hall–Kier alpha value is -1.66. The molecule has 1 aliphatic heterocycles. The molecule has 0 fully saturated rings. The molecule has 126 valence electrons. The molecule has 1 heterocycles. The summed E-state index contributed by atoms with van der Waals surface area (Å²) in [7, 11) is 0. The normalized spacial score (nSPS) is 20.2. The van der Waals surface area contributed by atoms with E-state index < -0.39 is 29.7 Å². The number of hydrogen-bond donors (Lipinski definition) is 3. The molecule has 23 heavy (non-hydrogen) atoms. The summed E-state index contributed by atoms with van der Waals surface area (Å²) in [5, 5.41) is 15.6. The lowest BCUT2D eigenvalue weighted by molar-refractivity contribution is -0.138. The molecular formula is C15H18Cl2N2O4. The van der Waals surface area contributed by atoms with Gasteiger partial charge in [0, 0.05) is 27.7 Å². The predicted octanol–water partition coefficient (Wildman–Crippen LogP) is 3.83. The van der Waals surface area contributed by atoms with Gasteiger partial charge in [-0.15, -0.1) is 0 Å². The maximum absolute atomic E-state index is 12.0. The second-order valence-electron chi connectivity index (χ2n) is 6.32. The Morgan fingerprint density at radius 2 is 2.00 bits per heavy atom. The maximum Gasteiger partial charge on any atom is 0.408 e. The number of anilines is 1. The van der Waals surface area contributed by atoms with Crippen LogP contribution in [0.15, 0.2) is 12.1 Å². The Morgan fingerprint density at radius 1 is 1.35 bits per heavy atom. The van der Waals surface area contributed by atoms with Crippen LogP contribution in [0, 0.1) is 0 Å². The summed E-state index contributed by atoms with van der Waals surface area (Å²) < 4.78 is 5.23. The van der Waals surface area contributed by atoms with Gasteiger partial charge in [0.2, 0.25) is 0 Å². The number of amides is 1. The zero-order valence-corrected chi connectivity index (χ0v) is 14.5. The van der Waals surface area contributed by atoms with Crippen molar-refractivity contribution in [2.24, 2.45) is 0 Å². The van der Waals surface area contributed by atoms with Crippen molar-refractivity contribution in [2.75, 3.05) is 5.32 Å². The molecule has 0 saturated carbocycles. The molecule has 2 atom stereocenters. The zero-order valence-electron chi connectivity index (χ0n) is 12.9. The van der Waals surface area contributed by atoms with E-state index in [0.29, 0.717) is 21.3 Å². The molecule has 1 aromatic carbocycles. The average Bonchev–Trinajstić information content (AvgIpc) is 2.34. The van der Waals surface area contributed by atoms with Crippen LogP contribution < -0.4 is 10.6 Å². The van der Waals surface area contributed by atoms with Crippen molar-refractivity contribution in [1.82, 2.24) is 5.32 Å². The third-order valence-corrected chi connectivity index (χ3v) is 3.76. The van der Waals surface area contributed by atoms with Crippen molar-refractivity contribution < 1.29 is 19.4 Å². The van der Waals surface area contributed by atoms with Gasteiger partial charge >= 0.3 is 12.1 Å². The van der Waals surface area contributed by atoms with Crippen molar-refractivity contribution in [3.05, 3.63) is 27.7 Å². The number of carbonyl (C=O) groups excluding carboxylic acids is 1. The van der Waals surface area contributed by atoms with E-state index in [1.54, 1.807) is 32.9 Å². The highest BCUT2D eigenvalue weighted by atomic mass is 35.5. The van der Waals surface area contributed by atoms with Gasteiger partial charge in [-0.25, -0.2) is 9.59 Å². The number of alkyl carbamates (subject to hydrolysis) is 1. The quantitative estimate of drug-likeness (QED) is 0.745. The summed E-state index contributed by atoms with van der Waals surface area (Å²) in [6, 6.07) is 1.68. The summed E-state index contributed by atoms with van der Waals surface area (Å²) in [6.07, 6.45) is -0.492. The number of carboxylic acids is 1. The predicted molar refractivity (Wildman–Crippen MR) is 88.2 cm³/mol. The molecule has 1 aromatic rings. The van der Waals surface area contributed by atoms with Gasteiger partial charge in [-0.2, -0.15) is 0 Å². The molecule has 0 radical (unpaired) electrons. The molecule has 0 aromatic heterocycles. The minimum Gasteiger partial charge on any atom is -0.480 e. The van der Waals surface area contributed by atoms with E-state index in [-0.39, 0.29) is 6.42 Å². The molecule has 8 heteroatoms. The van der Waals surface area contributed by atoms with Crippen LogP contribution in [0.2, 0.25) is 10.0 Å². The first-order valence-corrected chi connectivity index (χ1v) is 7.80. The van der Waals surface area contributed by atoms with E-state index >= 15 is 0 Å². The van der Waals surface area contributed by atoms with Gasteiger partial charge in [-0.05, 0) is 32.9 Å². The van der Waals surface area contributed by atoms with Crippen LogP contribution >= 0.6 is 23.2 Å². The van der Waals surface area contributed by atoms with E-state index in [0.717, 1.165) is 0 Å². The average molecular weight is 361 g/mol. The highest BCUT2D eigenvalue weighted by molar-refractivity contribution is 6.35. The topological polar surface area (TPSA) is 87.7 Å². The van der Waals surface area contributed by atoms with Crippen molar-refractivity contribution in [1.29, 1.82) is 0 Å². The van der Waals surface area contributed by atoms with Crippen LogP contribution in [0.1, 0.15) is 38.8 Å². The third-order valence-electron chi connectivity index (χ3n) is 3.23. The van der Waals surface area contributed by atoms with E-state index in [2.05, 4.69) is 10.6 Å². The number of aliphatic carboxylic acids is 1. The molecule has 0 unspecified atom stereocenters. The first-order chi connectivity index (χ1) is 10.6. The number of carbonyl (C=O) groups is 2. The monoisotopic (exact) mass is 360 g/mol. The van der Waals surface area contributed by atoms with Crippen LogP contribution in [0.25, 0.3) is 0 Å². The number of ether oxygens (including phenoxy) is 1. The lowest BCUT2D eigenvalue weighted by Gasteiger charge is -2.33. The second kappa shape index (κ2) is 6.45. The first-order valence-electron chi connectivity index (χ1n) is 7.04. The van der Waals surface area contributed by atoms with E-state index in [4.69, 9.17) is 27.9 Å². The lowest BCUT2D eigenvalue weighted by atomic mass is 9.93. The minimum atomic E-state index is -1.03. The largest absolute Gasteiger partial charge is 0.480 e. The van der Waals surface area contributed by atoms with Crippen LogP contribution in [0.5, 0.6) is 0 Å². The molecule has 1 aliphatic rings. The summed E-state index contributed by atoms with van der Waals surface area (Å²) >= 11 is 12.2. The van der Waals surface area contributed by atoms with E-state index in [9.17, 15) is 14.7 Å². The number of halogens is 2. The van der Waals surface area contributed by atoms with E-state index in [1.807, 2.05) is 0 Å². The molecule has 6 nitrogen and oxygen atoms in total.